The smallest absolute Gasteiger partial charge is 0.254 e. The first kappa shape index (κ1) is 24.1. The van der Waals surface area contributed by atoms with Crippen molar-refractivity contribution in [2.45, 2.75) is 57.1 Å². The molecule has 1 saturated carbocycles. The summed E-state index contributed by atoms with van der Waals surface area (Å²) in [5.74, 6) is -0.592. The van der Waals surface area contributed by atoms with E-state index in [-0.39, 0.29) is 29.1 Å². The minimum atomic E-state index is -0.753. The molecule has 34 heavy (non-hydrogen) atoms. The molecule has 1 saturated heterocycles. The molecule has 1 unspecified atom stereocenters. The first-order valence-electron chi connectivity index (χ1n) is 11.7. The van der Waals surface area contributed by atoms with Gasteiger partial charge in [0.2, 0.25) is 5.95 Å². The molecular weight excluding hydrogens is 437 g/mol. The third-order valence-electron chi connectivity index (χ3n) is 7.64. The zero-order chi connectivity index (χ0) is 24.5. The van der Waals surface area contributed by atoms with E-state index in [0.29, 0.717) is 12.1 Å². The highest BCUT2D eigenvalue weighted by Crippen LogP contribution is 2.52. The number of primary amides is 1. The van der Waals surface area contributed by atoms with Crippen molar-refractivity contribution in [1.82, 2.24) is 20.1 Å². The number of nitrogens with two attached hydrogens (primary N) is 1. The number of nitriles is 1. The van der Waals surface area contributed by atoms with Crippen LogP contribution in [0.3, 0.4) is 0 Å². The fraction of sp³-hybridized carbons (Fsp3) is 0.583. The summed E-state index contributed by atoms with van der Waals surface area (Å²) in [6.07, 6.45) is 6.51. The lowest BCUT2D eigenvalue weighted by atomic mass is 9.57. The van der Waals surface area contributed by atoms with Gasteiger partial charge < -0.3 is 21.5 Å². The second-order valence-corrected chi connectivity index (χ2v) is 10.1. The van der Waals surface area contributed by atoms with Crippen LogP contribution in [0.5, 0.6) is 0 Å². The summed E-state index contributed by atoms with van der Waals surface area (Å²) in [5, 5.41) is 31.3. The van der Waals surface area contributed by atoms with E-state index in [9.17, 15) is 19.6 Å². The van der Waals surface area contributed by atoms with Gasteiger partial charge in [-0.25, -0.2) is 4.98 Å². The van der Waals surface area contributed by atoms with E-state index >= 15 is 0 Å². The van der Waals surface area contributed by atoms with Gasteiger partial charge in [0, 0.05) is 36.5 Å². The van der Waals surface area contributed by atoms with Crippen LogP contribution in [0.4, 0.5) is 15.9 Å². The zero-order valence-corrected chi connectivity index (χ0v) is 19.6. The molecule has 182 valence electrons. The van der Waals surface area contributed by atoms with E-state index < -0.39 is 23.0 Å². The van der Waals surface area contributed by atoms with Gasteiger partial charge in [-0.2, -0.15) is 14.8 Å². The molecule has 1 amide bonds. The molecule has 10 heteroatoms. The first-order chi connectivity index (χ1) is 16.1. The number of carbonyl (C=O) groups is 1. The van der Waals surface area contributed by atoms with Crippen LogP contribution in [-0.4, -0.2) is 44.5 Å². The van der Waals surface area contributed by atoms with Crippen LogP contribution in [0.25, 0.3) is 0 Å². The maximum atomic E-state index is 13.6. The summed E-state index contributed by atoms with van der Waals surface area (Å²) in [7, 11) is 0. The highest BCUT2D eigenvalue weighted by atomic mass is 19.1. The number of pyridine rings is 1. The number of amides is 1. The Morgan fingerprint density at radius 3 is 2.76 bits per heavy atom. The Labute approximate surface area is 198 Å². The lowest BCUT2D eigenvalue weighted by molar-refractivity contribution is -0.0790. The number of aromatic nitrogens is 3. The molecule has 4 rings (SSSR count). The Bertz CT molecular complexity index is 1080. The SMILES string of the molecule is CC(C)(O)C1CC(C(CC#N)C2(n3cc(C(N)=O)c(Nc4ccnc(F)c4)n3)CCNCC2)C1. The Morgan fingerprint density at radius 2 is 2.18 bits per heavy atom. The maximum absolute atomic E-state index is 13.6. The van der Waals surface area contributed by atoms with E-state index in [4.69, 9.17) is 10.8 Å². The second kappa shape index (κ2) is 9.31. The third kappa shape index (κ3) is 4.63. The summed E-state index contributed by atoms with van der Waals surface area (Å²) in [4.78, 5) is 15.8. The topological polar surface area (TPSA) is 142 Å². The second-order valence-electron chi connectivity index (χ2n) is 10.1. The fourth-order valence-corrected chi connectivity index (χ4v) is 5.58. The van der Waals surface area contributed by atoms with Crippen molar-refractivity contribution in [3.8, 4) is 6.07 Å². The van der Waals surface area contributed by atoms with Gasteiger partial charge in [0.15, 0.2) is 5.82 Å². The van der Waals surface area contributed by atoms with E-state index in [1.807, 2.05) is 18.5 Å². The lowest BCUT2D eigenvalue weighted by Gasteiger charge is -2.52. The summed E-state index contributed by atoms with van der Waals surface area (Å²) in [6, 6.07) is 5.17. The number of carbonyl (C=O) groups excluding carboxylic acids is 1. The van der Waals surface area contributed by atoms with Crippen LogP contribution in [-0.2, 0) is 5.54 Å². The molecule has 2 aromatic rings. The molecule has 0 radical (unpaired) electrons. The number of anilines is 2. The van der Waals surface area contributed by atoms with Crippen molar-refractivity contribution >= 4 is 17.4 Å². The zero-order valence-electron chi connectivity index (χ0n) is 19.6. The van der Waals surface area contributed by atoms with Gasteiger partial charge in [-0.05, 0) is 70.5 Å². The molecule has 1 aliphatic carbocycles. The number of halogens is 1. The molecule has 0 bridgehead atoms. The van der Waals surface area contributed by atoms with E-state index in [0.717, 1.165) is 38.8 Å². The Balaban J connectivity index is 1.71. The minimum absolute atomic E-state index is 0.00467. The van der Waals surface area contributed by atoms with Gasteiger partial charge in [-0.3, -0.25) is 9.48 Å². The molecule has 2 aliphatic rings. The Kier molecular flexibility index (Phi) is 6.60. The summed E-state index contributed by atoms with van der Waals surface area (Å²) < 4.78 is 15.4. The lowest BCUT2D eigenvalue weighted by Crippen LogP contribution is -2.55. The van der Waals surface area contributed by atoms with Crippen LogP contribution < -0.4 is 16.4 Å². The average Bonchev–Trinajstić information content (AvgIpc) is 3.16. The molecule has 3 heterocycles. The number of piperidine rings is 1. The van der Waals surface area contributed by atoms with Crippen LogP contribution in [0, 0.1) is 35.0 Å². The quantitative estimate of drug-likeness (QED) is 0.435. The highest BCUT2D eigenvalue weighted by molar-refractivity contribution is 5.98. The van der Waals surface area contributed by atoms with Gasteiger partial charge in [-0.15, -0.1) is 0 Å². The van der Waals surface area contributed by atoms with Crippen molar-refractivity contribution in [3.05, 3.63) is 36.0 Å². The molecule has 0 spiro atoms. The molecule has 0 aromatic carbocycles. The van der Waals surface area contributed by atoms with Gasteiger partial charge in [0.25, 0.3) is 5.91 Å². The van der Waals surface area contributed by atoms with E-state index in [1.54, 1.807) is 12.3 Å². The number of hydrogen-bond acceptors (Lipinski definition) is 7. The van der Waals surface area contributed by atoms with Crippen molar-refractivity contribution in [3.63, 3.8) is 0 Å². The number of rotatable bonds is 8. The summed E-state index contributed by atoms with van der Waals surface area (Å²) >= 11 is 0. The largest absolute Gasteiger partial charge is 0.390 e. The summed E-state index contributed by atoms with van der Waals surface area (Å²) in [5.41, 5.74) is 5.04. The average molecular weight is 470 g/mol. The van der Waals surface area contributed by atoms with Crippen LogP contribution in [0.1, 0.15) is 56.3 Å². The van der Waals surface area contributed by atoms with Crippen molar-refractivity contribution in [2.75, 3.05) is 18.4 Å². The Morgan fingerprint density at radius 1 is 1.47 bits per heavy atom. The third-order valence-corrected chi connectivity index (χ3v) is 7.64. The van der Waals surface area contributed by atoms with Gasteiger partial charge in [-0.1, -0.05) is 0 Å². The van der Waals surface area contributed by atoms with Crippen LogP contribution in [0.15, 0.2) is 24.5 Å². The van der Waals surface area contributed by atoms with Crippen molar-refractivity contribution in [2.24, 2.45) is 23.5 Å². The number of nitrogens with one attached hydrogen (secondary N) is 2. The number of hydrogen-bond donors (Lipinski definition) is 4. The van der Waals surface area contributed by atoms with Crippen molar-refractivity contribution in [1.29, 1.82) is 5.26 Å². The normalized spacial score (nSPS) is 22.9. The predicted molar refractivity (Wildman–Crippen MR) is 125 cm³/mol. The minimum Gasteiger partial charge on any atom is -0.390 e. The molecule has 2 aromatic heterocycles. The number of aliphatic hydroxyl groups is 1. The molecule has 1 aliphatic heterocycles. The van der Waals surface area contributed by atoms with Crippen molar-refractivity contribution < 1.29 is 14.3 Å². The number of nitrogens with zero attached hydrogens (tertiary/aromatic N) is 4. The van der Waals surface area contributed by atoms with E-state index in [2.05, 4.69) is 21.7 Å². The highest BCUT2D eigenvalue weighted by Gasteiger charge is 2.51. The van der Waals surface area contributed by atoms with E-state index in [1.165, 1.54) is 12.3 Å². The van der Waals surface area contributed by atoms with Gasteiger partial charge in [0.05, 0.1) is 17.2 Å². The maximum Gasteiger partial charge on any atom is 0.254 e. The predicted octanol–water partition coefficient (Wildman–Crippen LogP) is 2.67. The van der Waals surface area contributed by atoms with Crippen LogP contribution in [0.2, 0.25) is 0 Å². The summed E-state index contributed by atoms with van der Waals surface area (Å²) in [6.45, 7) is 5.18. The standard InChI is InChI=1S/C24H32FN7O2/c1-23(2,34)16-11-15(12-16)19(3-7-26)24(5-9-28-10-6-24)32-14-18(21(27)33)22(31-32)30-17-4-8-29-20(25)13-17/h4,8,13-16,19,28,34H,3,5-6,9-12H2,1-2H3,(H2,27,33)(H,29,30,31). The molecule has 9 nitrogen and oxygen atoms in total. The van der Waals surface area contributed by atoms with Crippen LogP contribution >= 0.6 is 0 Å². The Hall–Kier alpha value is -3.03. The molecule has 1 atom stereocenters. The molecular formula is C24H32FN7O2. The first-order valence-corrected chi connectivity index (χ1v) is 11.7. The van der Waals surface area contributed by atoms with Gasteiger partial charge in [0.1, 0.15) is 5.56 Å². The molecule has 2 fully saturated rings. The monoisotopic (exact) mass is 469 g/mol. The van der Waals surface area contributed by atoms with Gasteiger partial charge >= 0.3 is 0 Å². The fourth-order valence-electron chi connectivity index (χ4n) is 5.58. The molecule has 5 N–H and O–H groups in total.